The second kappa shape index (κ2) is 5.89. The molecule has 0 fully saturated rings. The molecule has 7 heteroatoms. The van der Waals surface area contributed by atoms with Crippen molar-refractivity contribution in [3.05, 3.63) is 23.8 Å². The first-order valence-corrected chi connectivity index (χ1v) is 4.81. The Morgan fingerprint density at radius 2 is 1.94 bits per heavy atom. The maximum Gasteiger partial charge on any atom is 0.343 e. The number of aliphatic hydroxyl groups excluding tert-OH is 2. The number of phenols is 1. The first kappa shape index (κ1) is 13.8. The van der Waals surface area contributed by atoms with Crippen LogP contribution in [0.25, 0.3) is 0 Å². The molecule has 7 nitrogen and oxygen atoms in total. The molecule has 2 unspecified atom stereocenters. The van der Waals surface area contributed by atoms with Gasteiger partial charge in [-0.25, -0.2) is 4.79 Å². The lowest BCUT2D eigenvalue weighted by Crippen LogP contribution is -2.37. The molecule has 1 aromatic carbocycles. The number of benzene rings is 1. The van der Waals surface area contributed by atoms with E-state index in [2.05, 4.69) is 4.74 Å². The molecular weight excluding hydrogens is 244 g/mol. The van der Waals surface area contributed by atoms with Gasteiger partial charge in [0.25, 0.3) is 0 Å². The molecule has 96 valence electrons. The van der Waals surface area contributed by atoms with Crippen molar-refractivity contribution < 1.29 is 34.4 Å². The summed E-state index contributed by atoms with van der Waals surface area (Å²) in [5.74, 6) is -2.26. The maximum absolute atomic E-state index is 11.3. The van der Waals surface area contributed by atoms with Crippen LogP contribution in [0, 0.1) is 0 Å². The van der Waals surface area contributed by atoms with Gasteiger partial charge in [0.2, 0.25) is 0 Å². The summed E-state index contributed by atoms with van der Waals surface area (Å²) in [6.45, 7) is 0. The summed E-state index contributed by atoms with van der Waals surface area (Å²) in [7, 11) is 0. The number of para-hydroxylation sites is 1. The Kier molecular flexibility index (Phi) is 4.52. The second-order valence-corrected chi connectivity index (χ2v) is 3.30. The van der Waals surface area contributed by atoms with Crippen LogP contribution in [0.4, 0.5) is 0 Å². The minimum absolute atomic E-state index is 0.0341. The SMILES string of the molecule is O=Cc1cccc(OC(=O)C(O)C(O)C=O)c1O. The molecule has 0 aliphatic carbocycles. The van der Waals surface area contributed by atoms with Crippen LogP contribution in [0.2, 0.25) is 0 Å². The number of rotatable bonds is 5. The third-order valence-electron chi connectivity index (χ3n) is 2.07. The Labute approximate surface area is 101 Å². The quantitative estimate of drug-likeness (QED) is 0.351. The number of carbonyl (C=O) groups is 3. The Morgan fingerprint density at radius 1 is 1.28 bits per heavy atom. The van der Waals surface area contributed by atoms with Gasteiger partial charge in [-0.2, -0.15) is 0 Å². The van der Waals surface area contributed by atoms with Gasteiger partial charge in [-0.05, 0) is 12.1 Å². The molecule has 1 rings (SSSR count). The Bertz CT molecular complexity index is 468. The van der Waals surface area contributed by atoms with Crippen molar-refractivity contribution in [3.8, 4) is 11.5 Å². The molecule has 0 bridgehead atoms. The summed E-state index contributed by atoms with van der Waals surface area (Å²) in [5.41, 5.74) is -0.106. The van der Waals surface area contributed by atoms with E-state index in [9.17, 15) is 19.5 Å². The van der Waals surface area contributed by atoms with Crippen LogP contribution in [-0.4, -0.2) is 46.1 Å². The van der Waals surface area contributed by atoms with Gasteiger partial charge in [-0.3, -0.25) is 4.79 Å². The van der Waals surface area contributed by atoms with Crippen LogP contribution in [0.1, 0.15) is 10.4 Å². The van der Waals surface area contributed by atoms with E-state index in [0.29, 0.717) is 6.29 Å². The largest absolute Gasteiger partial charge is 0.504 e. The summed E-state index contributed by atoms with van der Waals surface area (Å²) in [6, 6.07) is 3.81. The van der Waals surface area contributed by atoms with Crippen molar-refractivity contribution in [2.75, 3.05) is 0 Å². The molecule has 3 N–H and O–H groups in total. The molecule has 0 aromatic heterocycles. The van der Waals surface area contributed by atoms with Gasteiger partial charge < -0.3 is 24.9 Å². The molecule has 18 heavy (non-hydrogen) atoms. The van der Waals surface area contributed by atoms with Gasteiger partial charge in [-0.1, -0.05) is 6.07 Å². The van der Waals surface area contributed by atoms with E-state index in [1.54, 1.807) is 0 Å². The van der Waals surface area contributed by atoms with Crippen molar-refractivity contribution >= 4 is 18.5 Å². The third kappa shape index (κ3) is 2.90. The van der Waals surface area contributed by atoms with Gasteiger partial charge in [0.15, 0.2) is 30.2 Å². The number of carbonyl (C=O) groups excluding carboxylic acids is 3. The molecule has 0 amide bonds. The fourth-order valence-corrected chi connectivity index (χ4v) is 1.10. The number of aromatic hydroxyl groups is 1. The van der Waals surface area contributed by atoms with Crippen LogP contribution in [-0.2, 0) is 9.59 Å². The average molecular weight is 254 g/mol. The summed E-state index contributed by atoms with van der Waals surface area (Å²) < 4.78 is 4.56. The Hall–Kier alpha value is -2.25. The molecule has 2 atom stereocenters. The molecular formula is C11H10O7. The first-order chi connectivity index (χ1) is 8.51. The minimum Gasteiger partial charge on any atom is -0.504 e. The highest BCUT2D eigenvalue weighted by Gasteiger charge is 2.26. The van der Waals surface area contributed by atoms with Crippen molar-refractivity contribution in [1.82, 2.24) is 0 Å². The first-order valence-electron chi connectivity index (χ1n) is 4.81. The van der Waals surface area contributed by atoms with Crippen LogP contribution < -0.4 is 4.74 Å². The van der Waals surface area contributed by atoms with Crippen LogP contribution in [0.15, 0.2) is 18.2 Å². The number of ether oxygens (including phenoxy) is 1. The van der Waals surface area contributed by atoms with Crippen molar-refractivity contribution in [2.45, 2.75) is 12.2 Å². The number of aldehydes is 2. The Balaban J connectivity index is 2.88. The monoisotopic (exact) mass is 254 g/mol. The fraction of sp³-hybridized carbons (Fsp3) is 0.182. The molecule has 0 spiro atoms. The highest BCUT2D eigenvalue weighted by atomic mass is 16.6. The topological polar surface area (TPSA) is 121 Å². The van der Waals surface area contributed by atoms with Crippen molar-refractivity contribution in [3.63, 3.8) is 0 Å². The normalized spacial score (nSPS) is 13.4. The number of phenolic OH excluding ortho intramolecular Hbond substituents is 1. The van der Waals surface area contributed by atoms with Crippen LogP contribution in [0.3, 0.4) is 0 Å². The predicted octanol–water partition coefficient (Wildman–Crippen LogP) is -0.969. The van der Waals surface area contributed by atoms with E-state index in [1.807, 2.05) is 0 Å². The molecule has 0 saturated heterocycles. The van der Waals surface area contributed by atoms with E-state index in [0.717, 1.165) is 0 Å². The zero-order valence-electron chi connectivity index (χ0n) is 9.02. The van der Waals surface area contributed by atoms with Gasteiger partial charge >= 0.3 is 5.97 Å². The minimum atomic E-state index is -2.07. The Morgan fingerprint density at radius 3 is 2.50 bits per heavy atom. The lowest BCUT2D eigenvalue weighted by Gasteiger charge is -2.12. The van der Waals surface area contributed by atoms with Crippen LogP contribution >= 0.6 is 0 Å². The molecule has 0 aliphatic rings. The van der Waals surface area contributed by atoms with Gasteiger partial charge in [0.05, 0.1) is 5.56 Å². The van der Waals surface area contributed by atoms with Gasteiger partial charge in [0.1, 0.15) is 6.10 Å². The second-order valence-electron chi connectivity index (χ2n) is 3.30. The number of aliphatic hydroxyl groups is 2. The lowest BCUT2D eigenvalue weighted by molar-refractivity contribution is -0.152. The van der Waals surface area contributed by atoms with E-state index in [1.165, 1.54) is 18.2 Å². The fourth-order valence-electron chi connectivity index (χ4n) is 1.10. The number of esters is 1. The maximum atomic E-state index is 11.3. The molecule has 0 radical (unpaired) electrons. The standard InChI is InChI=1S/C11H10O7/c12-4-6-2-1-3-8(9(6)15)18-11(17)10(16)7(14)5-13/h1-5,7,10,14-16H. The highest BCUT2D eigenvalue weighted by molar-refractivity contribution is 5.84. The summed E-state index contributed by atoms with van der Waals surface area (Å²) in [5, 5.41) is 27.6. The van der Waals surface area contributed by atoms with E-state index in [-0.39, 0.29) is 17.6 Å². The number of hydrogen-bond acceptors (Lipinski definition) is 7. The number of hydrogen-bond donors (Lipinski definition) is 3. The van der Waals surface area contributed by atoms with E-state index < -0.39 is 23.9 Å². The van der Waals surface area contributed by atoms with Crippen molar-refractivity contribution in [1.29, 1.82) is 0 Å². The smallest absolute Gasteiger partial charge is 0.343 e. The zero-order chi connectivity index (χ0) is 13.7. The van der Waals surface area contributed by atoms with Crippen molar-refractivity contribution in [2.24, 2.45) is 0 Å². The predicted molar refractivity (Wildman–Crippen MR) is 57.2 cm³/mol. The summed E-state index contributed by atoms with van der Waals surface area (Å²) in [6.07, 6.45) is -3.67. The van der Waals surface area contributed by atoms with Crippen LogP contribution in [0.5, 0.6) is 11.5 Å². The van der Waals surface area contributed by atoms with Gasteiger partial charge in [0, 0.05) is 0 Å². The molecule has 0 heterocycles. The molecule has 1 aromatic rings. The van der Waals surface area contributed by atoms with E-state index >= 15 is 0 Å². The molecule has 0 saturated carbocycles. The summed E-state index contributed by atoms with van der Waals surface area (Å²) in [4.78, 5) is 31.9. The average Bonchev–Trinajstić information content (AvgIpc) is 2.39. The lowest BCUT2D eigenvalue weighted by atomic mass is 10.2. The third-order valence-corrected chi connectivity index (χ3v) is 2.07. The highest BCUT2D eigenvalue weighted by Crippen LogP contribution is 2.28. The zero-order valence-corrected chi connectivity index (χ0v) is 9.02. The summed E-state index contributed by atoms with van der Waals surface area (Å²) >= 11 is 0. The van der Waals surface area contributed by atoms with Gasteiger partial charge in [-0.15, -0.1) is 0 Å². The van der Waals surface area contributed by atoms with E-state index in [4.69, 9.17) is 10.2 Å². The molecule has 0 aliphatic heterocycles.